The molecule has 0 aromatic carbocycles. The fourth-order valence-electron chi connectivity index (χ4n) is 1.64. The normalized spacial score (nSPS) is 14.8. The van der Waals surface area contributed by atoms with E-state index in [1.165, 1.54) is 0 Å². The summed E-state index contributed by atoms with van der Waals surface area (Å²) in [6, 6.07) is 0. The van der Waals surface area contributed by atoms with Crippen molar-refractivity contribution in [2.75, 3.05) is 7.05 Å². The molecule has 0 aliphatic carbocycles. The van der Waals surface area contributed by atoms with Crippen molar-refractivity contribution in [1.29, 1.82) is 0 Å². The van der Waals surface area contributed by atoms with Gasteiger partial charge in [0.25, 0.3) is 0 Å². The average Bonchev–Trinajstić information content (AvgIpc) is 2.58. The van der Waals surface area contributed by atoms with Crippen molar-refractivity contribution < 1.29 is 4.79 Å². The summed E-state index contributed by atoms with van der Waals surface area (Å²) in [6.07, 6.45) is 2.78. The van der Waals surface area contributed by atoms with Gasteiger partial charge in [-0.05, 0) is 20.9 Å². The van der Waals surface area contributed by atoms with Gasteiger partial charge in [-0.2, -0.15) is 0 Å². The van der Waals surface area contributed by atoms with Gasteiger partial charge in [0.2, 0.25) is 5.91 Å². The monoisotopic (exact) mass is 224 g/mol. The Morgan fingerprint density at radius 1 is 1.69 bits per heavy atom. The highest BCUT2D eigenvalue weighted by molar-refractivity contribution is 5.84. The van der Waals surface area contributed by atoms with Crippen molar-refractivity contribution in [3.63, 3.8) is 0 Å². The zero-order valence-electron chi connectivity index (χ0n) is 10.4. The summed E-state index contributed by atoms with van der Waals surface area (Å²) in [7, 11) is 1.74. The van der Waals surface area contributed by atoms with Crippen molar-refractivity contribution in [2.45, 2.75) is 39.3 Å². The third kappa shape index (κ3) is 2.41. The number of rotatable bonds is 5. The first-order valence-corrected chi connectivity index (χ1v) is 5.44. The maximum absolute atomic E-state index is 11.4. The summed E-state index contributed by atoms with van der Waals surface area (Å²) in [5.41, 5.74) is 5.61. The lowest BCUT2D eigenvalue weighted by atomic mass is 10.0. The fraction of sp³-hybridized carbons (Fsp3) is 0.636. The highest BCUT2D eigenvalue weighted by Crippen LogP contribution is 2.11. The molecular weight excluding hydrogens is 204 g/mol. The van der Waals surface area contributed by atoms with Gasteiger partial charge >= 0.3 is 0 Å². The fourth-order valence-corrected chi connectivity index (χ4v) is 1.64. The van der Waals surface area contributed by atoms with Gasteiger partial charge in [-0.3, -0.25) is 4.79 Å². The highest BCUT2D eigenvalue weighted by Gasteiger charge is 2.30. The van der Waals surface area contributed by atoms with Gasteiger partial charge in [-0.1, -0.05) is 6.92 Å². The summed E-state index contributed by atoms with van der Waals surface area (Å²) in [6.45, 7) is 6.28. The number of likely N-dealkylation sites (N-methyl/N-ethyl adjacent to an activating group) is 1. The highest BCUT2D eigenvalue weighted by atomic mass is 16.1. The molecule has 0 saturated carbocycles. The van der Waals surface area contributed by atoms with Gasteiger partial charge in [-0.15, -0.1) is 0 Å². The van der Waals surface area contributed by atoms with Crippen LogP contribution in [0.5, 0.6) is 0 Å². The molecule has 1 unspecified atom stereocenters. The maximum Gasteiger partial charge on any atom is 0.239 e. The zero-order valence-corrected chi connectivity index (χ0v) is 10.4. The van der Waals surface area contributed by atoms with Crippen LogP contribution in [0.25, 0.3) is 0 Å². The van der Waals surface area contributed by atoms with Crippen LogP contribution in [-0.4, -0.2) is 28.0 Å². The molecule has 1 atom stereocenters. The predicted octanol–water partition coefficient (Wildman–Crippen LogP) is 0.217. The Morgan fingerprint density at radius 3 is 2.75 bits per heavy atom. The van der Waals surface area contributed by atoms with E-state index in [0.29, 0.717) is 6.54 Å². The second-order valence-electron chi connectivity index (χ2n) is 4.23. The number of carbonyl (C=O) groups is 1. The summed E-state index contributed by atoms with van der Waals surface area (Å²) in [5.74, 6) is 0.614. The van der Waals surface area contributed by atoms with Gasteiger partial charge in [0.15, 0.2) is 0 Å². The standard InChI is InChI=1S/C11H20N4O/c1-5-9-14-8(2)6-15(9)7-11(3,13-4)10(12)16/h6,13H,5,7H2,1-4H3,(H2,12,16). The summed E-state index contributed by atoms with van der Waals surface area (Å²) in [4.78, 5) is 15.8. The molecule has 0 saturated heterocycles. The van der Waals surface area contributed by atoms with Crippen LogP contribution in [0.4, 0.5) is 0 Å². The van der Waals surface area contributed by atoms with Crippen molar-refractivity contribution in [2.24, 2.45) is 5.73 Å². The molecule has 5 nitrogen and oxygen atoms in total. The number of imidazole rings is 1. The van der Waals surface area contributed by atoms with Gasteiger partial charge in [0.05, 0.1) is 12.2 Å². The molecule has 1 amide bonds. The molecule has 0 spiro atoms. The minimum absolute atomic E-state index is 0.358. The Morgan fingerprint density at radius 2 is 2.31 bits per heavy atom. The second kappa shape index (κ2) is 4.65. The molecule has 0 bridgehead atoms. The number of carbonyl (C=O) groups excluding carboxylic acids is 1. The zero-order chi connectivity index (χ0) is 12.3. The van der Waals surface area contributed by atoms with Gasteiger partial charge < -0.3 is 15.6 Å². The number of nitrogens with one attached hydrogen (secondary N) is 1. The summed E-state index contributed by atoms with van der Waals surface area (Å²) in [5, 5.41) is 2.96. The van der Waals surface area contributed by atoms with Crippen molar-refractivity contribution in [1.82, 2.24) is 14.9 Å². The Balaban J connectivity index is 2.98. The number of aryl methyl sites for hydroxylation is 2. The van der Waals surface area contributed by atoms with E-state index >= 15 is 0 Å². The van der Waals surface area contributed by atoms with Gasteiger partial charge in [-0.25, -0.2) is 4.98 Å². The van der Waals surface area contributed by atoms with E-state index in [2.05, 4.69) is 10.3 Å². The van der Waals surface area contributed by atoms with Crippen molar-refractivity contribution >= 4 is 5.91 Å². The number of hydrogen-bond donors (Lipinski definition) is 2. The second-order valence-corrected chi connectivity index (χ2v) is 4.23. The lowest BCUT2D eigenvalue weighted by Gasteiger charge is -2.26. The van der Waals surface area contributed by atoms with Crippen LogP contribution in [0.15, 0.2) is 6.20 Å². The molecule has 1 aromatic heterocycles. The minimum atomic E-state index is -0.739. The van der Waals surface area contributed by atoms with Crippen LogP contribution >= 0.6 is 0 Å². The van der Waals surface area contributed by atoms with Crippen molar-refractivity contribution in [3.8, 4) is 0 Å². The van der Waals surface area contributed by atoms with Crippen LogP contribution in [0, 0.1) is 6.92 Å². The lowest BCUT2D eigenvalue weighted by Crippen LogP contribution is -2.54. The third-order valence-electron chi connectivity index (χ3n) is 2.88. The largest absolute Gasteiger partial charge is 0.368 e. The molecule has 1 rings (SSSR count). The van der Waals surface area contributed by atoms with E-state index in [1.807, 2.05) is 24.6 Å². The van der Waals surface area contributed by atoms with Crippen LogP contribution < -0.4 is 11.1 Å². The molecule has 0 radical (unpaired) electrons. The Kier molecular flexibility index (Phi) is 3.70. The predicted molar refractivity (Wildman–Crippen MR) is 63.0 cm³/mol. The molecule has 0 aliphatic rings. The van der Waals surface area contributed by atoms with Crippen LogP contribution in [-0.2, 0) is 17.8 Å². The first-order valence-electron chi connectivity index (χ1n) is 5.44. The molecule has 0 fully saturated rings. The number of nitrogens with zero attached hydrogens (tertiary/aromatic N) is 2. The molecule has 1 aromatic rings. The number of aromatic nitrogens is 2. The average molecular weight is 224 g/mol. The number of primary amides is 1. The van der Waals surface area contributed by atoms with Gasteiger partial charge in [0, 0.05) is 12.6 Å². The first-order chi connectivity index (χ1) is 7.42. The van der Waals surface area contributed by atoms with E-state index in [-0.39, 0.29) is 5.91 Å². The summed E-state index contributed by atoms with van der Waals surface area (Å²) < 4.78 is 1.98. The smallest absolute Gasteiger partial charge is 0.239 e. The van der Waals surface area contributed by atoms with E-state index in [0.717, 1.165) is 17.9 Å². The van der Waals surface area contributed by atoms with E-state index < -0.39 is 5.54 Å². The van der Waals surface area contributed by atoms with Gasteiger partial charge in [0.1, 0.15) is 11.4 Å². The van der Waals surface area contributed by atoms with Crippen LogP contribution in [0.2, 0.25) is 0 Å². The number of amides is 1. The van der Waals surface area contributed by atoms with Crippen molar-refractivity contribution in [3.05, 3.63) is 17.7 Å². The van der Waals surface area contributed by atoms with E-state index in [1.54, 1.807) is 14.0 Å². The van der Waals surface area contributed by atoms with E-state index in [9.17, 15) is 4.79 Å². The van der Waals surface area contributed by atoms with Crippen LogP contribution in [0.1, 0.15) is 25.4 Å². The summed E-state index contributed by atoms with van der Waals surface area (Å²) >= 11 is 0. The number of hydrogen-bond acceptors (Lipinski definition) is 3. The molecule has 90 valence electrons. The molecule has 16 heavy (non-hydrogen) atoms. The Labute approximate surface area is 96.0 Å². The van der Waals surface area contributed by atoms with E-state index in [4.69, 9.17) is 5.73 Å². The maximum atomic E-state index is 11.4. The topological polar surface area (TPSA) is 72.9 Å². The molecular formula is C11H20N4O. The molecule has 0 aliphatic heterocycles. The molecule has 5 heteroatoms. The number of nitrogens with two attached hydrogens (primary N) is 1. The quantitative estimate of drug-likeness (QED) is 0.751. The lowest BCUT2D eigenvalue weighted by molar-refractivity contribution is -0.124. The SMILES string of the molecule is CCc1nc(C)cn1CC(C)(NC)C(N)=O. The van der Waals surface area contributed by atoms with Crippen LogP contribution in [0.3, 0.4) is 0 Å². The molecule has 1 heterocycles. The Hall–Kier alpha value is -1.36. The third-order valence-corrected chi connectivity index (χ3v) is 2.88. The minimum Gasteiger partial charge on any atom is -0.368 e. The Bertz CT molecular complexity index is 385. The molecule has 3 N–H and O–H groups in total. The first kappa shape index (κ1) is 12.7.